The van der Waals surface area contributed by atoms with Gasteiger partial charge in [0.1, 0.15) is 6.10 Å². The predicted molar refractivity (Wildman–Crippen MR) is 43.4 cm³/mol. The van der Waals surface area contributed by atoms with Crippen molar-refractivity contribution in [3.63, 3.8) is 0 Å². The van der Waals surface area contributed by atoms with Crippen molar-refractivity contribution in [3.05, 3.63) is 0 Å². The summed E-state index contributed by atoms with van der Waals surface area (Å²) < 4.78 is 0. The van der Waals surface area contributed by atoms with Crippen LogP contribution in [0.25, 0.3) is 0 Å². The van der Waals surface area contributed by atoms with E-state index in [4.69, 9.17) is 4.84 Å². The fourth-order valence-electron chi connectivity index (χ4n) is 1.19. The van der Waals surface area contributed by atoms with E-state index >= 15 is 0 Å². The highest BCUT2D eigenvalue weighted by Crippen LogP contribution is 2.34. The summed E-state index contributed by atoms with van der Waals surface area (Å²) in [6, 6.07) is 0. The minimum absolute atomic E-state index is 0.315. The van der Waals surface area contributed by atoms with Crippen LogP contribution in [0.15, 0.2) is 5.16 Å². The quantitative estimate of drug-likeness (QED) is 0.630. The molecule has 1 saturated carbocycles. The van der Waals surface area contributed by atoms with Crippen molar-refractivity contribution in [1.29, 1.82) is 0 Å². The molecule has 1 unspecified atom stereocenters. The highest BCUT2D eigenvalue weighted by molar-refractivity contribution is 9.09. The number of nitrogens with zero attached hydrogens (tertiary/aromatic N) is 1. The van der Waals surface area contributed by atoms with Gasteiger partial charge in [-0.25, -0.2) is 0 Å². The second-order valence-corrected chi connectivity index (χ2v) is 3.59. The Kier molecular flexibility index (Phi) is 1.68. The summed E-state index contributed by atoms with van der Waals surface area (Å²) in [6.45, 7) is 0. The Balaban J connectivity index is 1.89. The zero-order valence-corrected chi connectivity index (χ0v) is 7.30. The third-order valence-corrected chi connectivity index (χ3v) is 2.70. The highest BCUT2D eigenvalue weighted by atomic mass is 79.9. The standard InChI is InChI=1S/C7H10BrNO/c8-4-6-3-7(9-10-6)5-1-2-5/h5-6H,1-4H2. The molecule has 0 N–H and O–H groups in total. The largest absolute Gasteiger partial charge is 0.391 e. The van der Waals surface area contributed by atoms with Crippen LogP contribution >= 0.6 is 15.9 Å². The molecule has 2 nitrogen and oxygen atoms in total. The zero-order valence-electron chi connectivity index (χ0n) is 5.72. The molecule has 1 aliphatic heterocycles. The second kappa shape index (κ2) is 2.53. The lowest BCUT2D eigenvalue weighted by Gasteiger charge is -1.99. The number of halogens is 1. The van der Waals surface area contributed by atoms with Gasteiger partial charge < -0.3 is 4.84 Å². The SMILES string of the molecule is BrCC1CC(C2CC2)=NO1. The van der Waals surface area contributed by atoms with Crippen LogP contribution in [0.5, 0.6) is 0 Å². The molecule has 2 aliphatic rings. The maximum atomic E-state index is 5.16. The number of alkyl halides is 1. The molecule has 10 heavy (non-hydrogen) atoms. The van der Waals surface area contributed by atoms with Gasteiger partial charge >= 0.3 is 0 Å². The first kappa shape index (κ1) is 6.65. The predicted octanol–water partition coefficient (Wildman–Crippen LogP) is 1.94. The topological polar surface area (TPSA) is 21.6 Å². The number of hydrogen-bond donors (Lipinski definition) is 0. The van der Waals surface area contributed by atoms with Crippen molar-refractivity contribution in [2.75, 3.05) is 5.33 Å². The van der Waals surface area contributed by atoms with E-state index in [1.165, 1.54) is 18.6 Å². The summed E-state index contributed by atoms with van der Waals surface area (Å²) >= 11 is 3.37. The molecule has 1 fully saturated rings. The fourth-order valence-corrected chi connectivity index (χ4v) is 1.54. The maximum absolute atomic E-state index is 5.16. The summed E-state index contributed by atoms with van der Waals surface area (Å²) in [6.07, 6.45) is 4.03. The molecule has 56 valence electrons. The van der Waals surface area contributed by atoms with Crippen LogP contribution in [0.2, 0.25) is 0 Å². The van der Waals surface area contributed by atoms with Gasteiger partial charge in [-0.05, 0) is 12.8 Å². The lowest BCUT2D eigenvalue weighted by Crippen LogP contribution is -2.09. The van der Waals surface area contributed by atoms with Gasteiger partial charge in [0.15, 0.2) is 0 Å². The summed E-state index contributed by atoms with van der Waals surface area (Å²) in [4.78, 5) is 5.16. The molecule has 0 amide bonds. The van der Waals surface area contributed by atoms with E-state index in [-0.39, 0.29) is 0 Å². The molecule has 3 heteroatoms. The Morgan fingerprint density at radius 2 is 2.40 bits per heavy atom. The van der Waals surface area contributed by atoms with Crippen LogP contribution < -0.4 is 0 Å². The van der Waals surface area contributed by atoms with E-state index in [2.05, 4.69) is 21.1 Å². The molecule has 0 bridgehead atoms. The van der Waals surface area contributed by atoms with Gasteiger partial charge in [0.2, 0.25) is 0 Å². The van der Waals surface area contributed by atoms with E-state index in [0.29, 0.717) is 6.10 Å². The molecule has 0 spiro atoms. The van der Waals surface area contributed by atoms with E-state index in [1.54, 1.807) is 0 Å². The Hall–Kier alpha value is -0.0500. The van der Waals surface area contributed by atoms with Crippen molar-refractivity contribution < 1.29 is 4.84 Å². The first-order valence-electron chi connectivity index (χ1n) is 3.68. The van der Waals surface area contributed by atoms with Gasteiger partial charge in [-0.1, -0.05) is 21.1 Å². The monoisotopic (exact) mass is 203 g/mol. The molecule has 0 aromatic heterocycles. The lowest BCUT2D eigenvalue weighted by molar-refractivity contribution is 0.104. The Morgan fingerprint density at radius 3 is 2.90 bits per heavy atom. The van der Waals surface area contributed by atoms with Gasteiger partial charge in [0.05, 0.1) is 5.71 Å². The highest BCUT2D eigenvalue weighted by Gasteiger charge is 2.33. The molecular weight excluding hydrogens is 194 g/mol. The normalized spacial score (nSPS) is 31.7. The van der Waals surface area contributed by atoms with Gasteiger partial charge in [-0.3, -0.25) is 0 Å². The van der Waals surface area contributed by atoms with E-state index in [9.17, 15) is 0 Å². The van der Waals surface area contributed by atoms with Crippen LogP contribution in [-0.2, 0) is 4.84 Å². The van der Waals surface area contributed by atoms with Crippen LogP contribution in [0.1, 0.15) is 19.3 Å². The van der Waals surface area contributed by atoms with E-state index < -0.39 is 0 Å². The van der Waals surface area contributed by atoms with Crippen molar-refractivity contribution in [2.45, 2.75) is 25.4 Å². The minimum Gasteiger partial charge on any atom is -0.391 e. The van der Waals surface area contributed by atoms with Gasteiger partial charge in [-0.15, -0.1) is 0 Å². The van der Waals surface area contributed by atoms with E-state index in [0.717, 1.165) is 17.7 Å². The number of rotatable bonds is 2. The fraction of sp³-hybridized carbons (Fsp3) is 0.857. The van der Waals surface area contributed by atoms with Gasteiger partial charge in [0.25, 0.3) is 0 Å². The molecular formula is C7H10BrNO. The lowest BCUT2D eigenvalue weighted by atomic mass is 10.1. The van der Waals surface area contributed by atoms with Crippen LogP contribution in [0.4, 0.5) is 0 Å². The summed E-state index contributed by atoms with van der Waals surface area (Å²) in [5.74, 6) is 0.782. The molecule has 0 radical (unpaired) electrons. The summed E-state index contributed by atoms with van der Waals surface area (Å²) in [5, 5.41) is 4.95. The first-order valence-corrected chi connectivity index (χ1v) is 4.81. The van der Waals surface area contributed by atoms with Gasteiger partial charge in [0, 0.05) is 17.7 Å². The van der Waals surface area contributed by atoms with Crippen LogP contribution in [-0.4, -0.2) is 17.1 Å². The van der Waals surface area contributed by atoms with E-state index in [1.807, 2.05) is 0 Å². The smallest absolute Gasteiger partial charge is 0.142 e. The third kappa shape index (κ3) is 1.19. The maximum Gasteiger partial charge on any atom is 0.142 e. The van der Waals surface area contributed by atoms with Gasteiger partial charge in [-0.2, -0.15) is 0 Å². The molecule has 2 rings (SSSR count). The molecule has 1 atom stereocenters. The second-order valence-electron chi connectivity index (χ2n) is 2.94. The van der Waals surface area contributed by atoms with Crippen molar-refractivity contribution >= 4 is 21.6 Å². The Bertz CT molecular complexity index is 165. The van der Waals surface area contributed by atoms with Crippen molar-refractivity contribution in [2.24, 2.45) is 11.1 Å². The van der Waals surface area contributed by atoms with Crippen LogP contribution in [0, 0.1) is 5.92 Å². The zero-order chi connectivity index (χ0) is 6.97. The van der Waals surface area contributed by atoms with Crippen molar-refractivity contribution in [3.8, 4) is 0 Å². The first-order chi connectivity index (χ1) is 4.90. The average molecular weight is 204 g/mol. The Morgan fingerprint density at radius 1 is 1.60 bits per heavy atom. The molecule has 0 saturated heterocycles. The van der Waals surface area contributed by atoms with Crippen molar-refractivity contribution in [1.82, 2.24) is 0 Å². The minimum atomic E-state index is 0.315. The molecule has 0 aromatic rings. The molecule has 1 aliphatic carbocycles. The summed E-state index contributed by atoms with van der Waals surface area (Å²) in [5.41, 5.74) is 1.30. The molecule has 1 heterocycles. The van der Waals surface area contributed by atoms with Crippen LogP contribution in [0.3, 0.4) is 0 Å². The number of hydrogen-bond acceptors (Lipinski definition) is 2. The number of oxime groups is 1. The Labute approximate surface area is 68.7 Å². The summed E-state index contributed by atoms with van der Waals surface area (Å²) in [7, 11) is 0. The third-order valence-electron chi connectivity index (χ3n) is 1.98. The average Bonchev–Trinajstić information content (AvgIpc) is 2.70. The molecule has 0 aromatic carbocycles.